The first kappa shape index (κ1) is 22.9. The van der Waals surface area contributed by atoms with Crippen molar-refractivity contribution < 1.29 is 24.0 Å². The van der Waals surface area contributed by atoms with Gasteiger partial charge < -0.3 is 25.4 Å². The van der Waals surface area contributed by atoms with Crippen LogP contribution in [0.4, 0.5) is 17.3 Å². The van der Waals surface area contributed by atoms with Gasteiger partial charge in [0.25, 0.3) is 11.8 Å². The summed E-state index contributed by atoms with van der Waals surface area (Å²) < 4.78 is 12.1. The third kappa shape index (κ3) is 4.19. The van der Waals surface area contributed by atoms with E-state index in [1.54, 1.807) is 31.3 Å². The van der Waals surface area contributed by atoms with Gasteiger partial charge in [0.2, 0.25) is 0 Å². The minimum Gasteiger partial charge on any atom is -0.380 e. The maximum atomic E-state index is 13.2. The molecule has 182 valence electrons. The number of nitrogen functional groups attached to an aromatic ring is 1. The number of ether oxygens (including phenoxy) is 1. The van der Waals surface area contributed by atoms with Crippen molar-refractivity contribution in [2.75, 3.05) is 22.5 Å². The van der Waals surface area contributed by atoms with Gasteiger partial charge in [0, 0.05) is 30.1 Å². The van der Waals surface area contributed by atoms with Gasteiger partial charge >= 0.3 is 0 Å². The molecule has 3 atom stereocenters. The predicted molar refractivity (Wildman–Crippen MR) is 124 cm³/mol. The number of carbonyl (C=O) groups excluding carboxylic acids is 2. The molecule has 4 heterocycles. The van der Waals surface area contributed by atoms with Gasteiger partial charge in [-0.3, -0.25) is 14.5 Å². The Morgan fingerprint density at radius 3 is 3.00 bits per heavy atom. The van der Waals surface area contributed by atoms with Crippen LogP contribution in [0.3, 0.4) is 0 Å². The van der Waals surface area contributed by atoms with Gasteiger partial charge in [-0.2, -0.15) is 10.4 Å². The summed E-state index contributed by atoms with van der Waals surface area (Å²) in [7, 11) is 0. The van der Waals surface area contributed by atoms with Crippen LogP contribution in [0.5, 0.6) is 0 Å². The van der Waals surface area contributed by atoms with Crippen LogP contribution in [0.25, 0.3) is 16.7 Å². The second-order valence-electron chi connectivity index (χ2n) is 8.06. The van der Waals surface area contributed by atoms with E-state index in [-0.39, 0.29) is 23.9 Å². The van der Waals surface area contributed by atoms with Crippen molar-refractivity contribution in [2.45, 2.75) is 25.2 Å². The highest BCUT2D eigenvalue weighted by Crippen LogP contribution is 2.25. The van der Waals surface area contributed by atoms with Crippen molar-refractivity contribution in [1.29, 1.82) is 5.26 Å². The highest BCUT2D eigenvalue weighted by molar-refractivity contribution is 6.04. The van der Waals surface area contributed by atoms with Crippen LogP contribution >= 0.6 is 0 Å². The Kier molecular flexibility index (Phi) is 5.76. The maximum Gasteiger partial charge on any atom is 0.260 e. The minimum atomic E-state index is -1.80. The zero-order chi connectivity index (χ0) is 25.4. The molecule has 1 aliphatic rings. The van der Waals surface area contributed by atoms with Crippen molar-refractivity contribution >= 4 is 40.1 Å². The molecule has 2 amide bonds. The number of nitrogens with zero attached hydrogens (tertiary/aromatic N) is 7. The maximum absolute atomic E-state index is 13.2. The second kappa shape index (κ2) is 9.06. The van der Waals surface area contributed by atoms with E-state index in [0.717, 1.165) is 0 Å². The smallest absolute Gasteiger partial charge is 0.260 e. The highest BCUT2D eigenvalue weighted by atomic mass is 16.5. The molecule has 0 saturated carbocycles. The summed E-state index contributed by atoms with van der Waals surface area (Å²) in [6, 6.07) is 9.66. The Morgan fingerprint density at radius 2 is 2.19 bits per heavy atom. The van der Waals surface area contributed by atoms with Crippen molar-refractivity contribution in [3.63, 3.8) is 0 Å². The first-order valence-corrected chi connectivity index (χ1v) is 10.7. The molecule has 1 aliphatic heterocycles. The number of aliphatic hydroxyl groups excluding tert-OH is 1. The Bertz CT molecular complexity index is 1510. The SMILES string of the molecule is CC1CN(c2ccn(-c3cnnc(C#N)c3)n2)C(=O)C(C(O)C(=O)Nc2ccc3c(N)noc3c2)O1. The number of nitrogens with two attached hydrogens (primary N) is 1. The lowest BCUT2D eigenvalue weighted by Crippen LogP contribution is -2.58. The molecular weight excluding hydrogens is 470 g/mol. The Morgan fingerprint density at radius 1 is 1.36 bits per heavy atom. The molecule has 4 aromatic rings. The topological polar surface area (TPSA) is 198 Å². The normalized spacial score (nSPS) is 18.7. The fraction of sp³-hybridized carbons (Fsp3) is 0.227. The van der Waals surface area contributed by atoms with E-state index in [2.05, 4.69) is 25.8 Å². The monoisotopic (exact) mass is 489 g/mol. The average Bonchev–Trinajstić information content (AvgIpc) is 3.52. The number of morpholine rings is 1. The van der Waals surface area contributed by atoms with Crippen LogP contribution in [-0.4, -0.2) is 66.9 Å². The molecule has 0 aliphatic carbocycles. The van der Waals surface area contributed by atoms with Crippen LogP contribution in [0.2, 0.25) is 0 Å². The second-order valence-corrected chi connectivity index (χ2v) is 8.06. The molecule has 0 spiro atoms. The van der Waals surface area contributed by atoms with E-state index in [1.165, 1.54) is 27.9 Å². The molecule has 0 radical (unpaired) electrons. The lowest BCUT2D eigenvalue weighted by molar-refractivity contribution is -0.156. The summed E-state index contributed by atoms with van der Waals surface area (Å²) in [5.74, 6) is -0.987. The lowest BCUT2D eigenvalue weighted by atomic mass is 10.1. The fourth-order valence-corrected chi connectivity index (χ4v) is 3.79. The molecule has 3 unspecified atom stereocenters. The van der Waals surface area contributed by atoms with E-state index < -0.39 is 30.1 Å². The summed E-state index contributed by atoms with van der Waals surface area (Å²) in [5.41, 5.74) is 6.95. The molecule has 14 nitrogen and oxygen atoms in total. The Labute approximate surface area is 202 Å². The molecule has 14 heteroatoms. The van der Waals surface area contributed by atoms with Crippen LogP contribution in [0.1, 0.15) is 12.6 Å². The summed E-state index contributed by atoms with van der Waals surface area (Å²) in [6.45, 7) is 1.87. The van der Waals surface area contributed by atoms with Crippen molar-refractivity contribution in [3.8, 4) is 11.8 Å². The van der Waals surface area contributed by atoms with Crippen molar-refractivity contribution in [3.05, 3.63) is 48.4 Å². The number of nitriles is 1. The number of nitrogens with one attached hydrogen (secondary N) is 1. The molecule has 0 bridgehead atoms. The fourth-order valence-electron chi connectivity index (χ4n) is 3.79. The van der Waals surface area contributed by atoms with Crippen molar-refractivity contribution in [1.82, 2.24) is 25.1 Å². The van der Waals surface area contributed by atoms with Gasteiger partial charge in [-0.05, 0) is 19.1 Å². The number of benzene rings is 1. The first-order chi connectivity index (χ1) is 17.3. The number of rotatable bonds is 5. The number of aromatic nitrogens is 5. The van der Waals surface area contributed by atoms with Crippen LogP contribution in [0, 0.1) is 11.3 Å². The molecule has 4 N–H and O–H groups in total. The zero-order valence-corrected chi connectivity index (χ0v) is 18.8. The first-order valence-electron chi connectivity index (χ1n) is 10.7. The standard InChI is InChI=1S/C22H19N9O5/c1-11-10-30(17-4-5-31(28-17)14-6-13(8-23)27-25-9-14)22(34)19(35-11)18(32)21(33)26-12-2-3-15-16(7-12)36-29-20(15)24/h2-7,9,11,18-19,32H,10H2,1H3,(H2,24,29)(H,26,33). The average molecular weight is 489 g/mol. The van der Waals surface area contributed by atoms with Crippen LogP contribution in [0.15, 0.2) is 47.2 Å². The Hall–Kier alpha value is -4.87. The van der Waals surface area contributed by atoms with E-state index in [4.69, 9.17) is 20.3 Å². The number of fused-ring (bicyclic) bond motifs is 1. The number of anilines is 3. The van der Waals surface area contributed by atoms with E-state index in [1.807, 2.05) is 6.07 Å². The predicted octanol–water partition coefficient (Wildman–Crippen LogP) is 0.377. The lowest BCUT2D eigenvalue weighted by Gasteiger charge is -2.36. The third-order valence-corrected chi connectivity index (χ3v) is 5.52. The molecule has 1 fully saturated rings. The number of amides is 2. The van der Waals surface area contributed by atoms with Gasteiger partial charge in [-0.25, -0.2) is 4.68 Å². The van der Waals surface area contributed by atoms with E-state index >= 15 is 0 Å². The number of carbonyl (C=O) groups is 2. The van der Waals surface area contributed by atoms with Gasteiger partial charge in [-0.1, -0.05) is 5.16 Å². The molecule has 1 saturated heterocycles. The molecule has 36 heavy (non-hydrogen) atoms. The van der Waals surface area contributed by atoms with E-state index in [9.17, 15) is 14.7 Å². The van der Waals surface area contributed by atoms with Gasteiger partial charge in [0.05, 0.1) is 29.9 Å². The molecular formula is C22H19N9O5. The molecule has 3 aromatic heterocycles. The third-order valence-electron chi connectivity index (χ3n) is 5.52. The minimum absolute atomic E-state index is 0.112. The summed E-state index contributed by atoms with van der Waals surface area (Å²) in [6.07, 6.45) is -0.755. The van der Waals surface area contributed by atoms with Crippen LogP contribution < -0.4 is 16.0 Å². The van der Waals surface area contributed by atoms with Crippen molar-refractivity contribution in [2.24, 2.45) is 0 Å². The Balaban J connectivity index is 1.33. The van der Waals surface area contributed by atoms with Crippen LogP contribution in [-0.2, 0) is 14.3 Å². The van der Waals surface area contributed by atoms with Gasteiger partial charge in [0.15, 0.2) is 35.1 Å². The largest absolute Gasteiger partial charge is 0.380 e. The number of hydrogen-bond donors (Lipinski definition) is 3. The summed E-state index contributed by atoms with van der Waals surface area (Å²) >= 11 is 0. The summed E-state index contributed by atoms with van der Waals surface area (Å²) in [5, 5.41) is 38.3. The molecule has 5 rings (SSSR count). The van der Waals surface area contributed by atoms with E-state index in [0.29, 0.717) is 22.3 Å². The summed E-state index contributed by atoms with van der Waals surface area (Å²) in [4.78, 5) is 27.3. The molecule has 1 aromatic carbocycles. The zero-order valence-electron chi connectivity index (χ0n) is 18.8. The quantitative estimate of drug-likeness (QED) is 0.350. The van der Waals surface area contributed by atoms with Gasteiger partial charge in [0.1, 0.15) is 6.07 Å². The number of aliphatic hydroxyl groups is 1. The van der Waals surface area contributed by atoms with Gasteiger partial charge in [-0.15, -0.1) is 10.2 Å². The number of hydrogen-bond acceptors (Lipinski definition) is 11. The highest BCUT2D eigenvalue weighted by Gasteiger charge is 2.42.